The Balaban J connectivity index is 2.51. The van der Waals surface area contributed by atoms with Gasteiger partial charge in [-0.3, -0.25) is 9.59 Å². The molecular formula is C14H25NO4. The summed E-state index contributed by atoms with van der Waals surface area (Å²) >= 11 is 0. The number of aliphatic carboxylic acids is 1. The summed E-state index contributed by atoms with van der Waals surface area (Å²) in [4.78, 5) is 25.0. The van der Waals surface area contributed by atoms with E-state index in [1.807, 2.05) is 13.8 Å². The van der Waals surface area contributed by atoms with Crippen LogP contribution in [0.15, 0.2) is 0 Å². The van der Waals surface area contributed by atoms with Gasteiger partial charge in [-0.1, -0.05) is 6.92 Å². The second kappa shape index (κ2) is 7.48. The highest BCUT2D eigenvalue weighted by atomic mass is 16.5. The fourth-order valence-corrected chi connectivity index (χ4v) is 2.90. The van der Waals surface area contributed by atoms with Gasteiger partial charge in [-0.15, -0.1) is 0 Å². The molecule has 1 aliphatic rings. The first-order valence-electron chi connectivity index (χ1n) is 7.00. The summed E-state index contributed by atoms with van der Waals surface area (Å²) in [5, 5.41) is 9.27. The number of hydrogen-bond acceptors (Lipinski definition) is 3. The summed E-state index contributed by atoms with van der Waals surface area (Å²) in [6.45, 7) is 5.09. The van der Waals surface area contributed by atoms with E-state index in [2.05, 4.69) is 0 Å². The Morgan fingerprint density at radius 1 is 1.37 bits per heavy atom. The van der Waals surface area contributed by atoms with Crippen molar-refractivity contribution in [2.75, 3.05) is 20.3 Å². The number of hydrogen-bond donors (Lipinski definition) is 1. The fourth-order valence-electron chi connectivity index (χ4n) is 2.90. The van der Waals surface area contributed by atoms with Gasteiger partial charge in [0.15, 0.2) is 0 Å². The number of carbonyl (C=O) groups is 2. The topological polar surface area (TPSA) is 66.8 Å². The number of unbranched alkanes of at least 4 members (excludes halogenated alkanes) is 2. The van der Waals surface area contributed by atoms with Crippen molar-refractivity contribution in [1.82, 2.24) is 4.90 Å². The van der Waals surface area contributed by atoms with Gasteiger partial charge < -0.3 is 14.7 Å². The zero-order chi connectivity index (χ0) is 14.4. The summed E-state index contributed by atoms with van der Waals surface area (Å²) in [6.07, 6.45) is 3.23. The molecule has 0 radical (unpaired) electrons. The predicted molar refractivity (Wildman–Crippen MR) is 71.8 cm³/mol. The number of methoxy groups -OCH3 is 1. The van der Waals surface area contributed by atoms with Crippen molar-refractivity contribution in [1.29, 1.82) is 0 Å². The van der Waals surface area contributed by atoms with E-state index in [0.29, 0.717) is 13.0 Å². The first-order chi connectivity index (χ1) is 8.99. The number of carboxylic acid groups (broad SMARTS) is 1. The molecule has 3 atom stereocenters. The predicted octanol–water partition coefficient (Wildman–Crippen LogP) is 1.76. The van der Waals surface area contributed by atoms with Gasteiger partial charge in [-0.2, -0.15) is 0 Å². The van der Waals surface area contributed by atoms with Crippen LogP contribution < -0.4 is 0 Å². The molecule has 5 heteroatoms. The normalized spacial score (nSPS) is 27.6. The van der Waals surface area contributed by atoms with Crippen LogP contribution in [0.4, 0.5) is 0 Å². The maximum atomic E-state index is 12.0. The van der Waals surface area contributed by atoms with E-state index in [0.717, 1.165) is 25.9 Å². The Bertz CT molecular complexity index is 319. The van der Waals surface area contributed by atoms with Crippen LogP contribution in [0.2, 0.25) is 0 Å². The molecule has 1 heterocycles. The molecule has 1 amide bonds. The smallest absolute Gasteiger partial charge is 0.308 e. The molecule has 1 rings (SSSR count). The third-order valence-corrected chi connectivity index (χ3v) is 3.97. The molecule has 0 aromatic heterocycles. The summed E-state index contributed by atoms with van der Waals surface area (Å²) in [5.41, 5.74) is 0. The number of ether oxygens (including phenoxy) is 1. The van der Waals surface area contributed by atoms with Gasteiger partial charge >= 0.3 is 5.97 Å². The molecule has 1 N–H and O–H groups in total. The summed E-state index contributed by atoms with van der Waals surface area (Å²) in [7, 11) is 1.68. The number of nitrogens with zero attached hydrogens (tertiary/aromatic N) is 1. The van der Waals surface area contributed by atoms with Gasteiger partial charge in [0.25, 0.3) is 0 Å². The van der Waals surface area contributed by atoms with Crippen molar-refractivity contribution in [3.05, 3.63) is 0 Å². The molecule has 3 unspecified atom stereocenters. The zero-order valence-electron chi connectivity index (χ0n) is 12.1. The number of piperidine rings is 1. The molecule has 1 saturated heterocycles. The number of carbonyl (C=O) groups excluding carboxylic acids is 1. The lowest BCUT2D eigenvalue weighted by Crippen LogP contribution is -2.52. The van der Waals surface area contributed by atoms with E-state index in [-0.39, 0.29) is 17.9 Å². The van der Waals surface area contributed by atoms with E-state index >= 15 is 0 Å². The molecule has 5 nitrogen and oxygen atoms in total. The van der Waals surface area contributed by atoms with Crippen LogP contribution in [-0.2, 0) is 14.3 Å². The van der Waals surface area contributed by atoms with Crippen molar-refractivity contribution >= 4 is 11.9 Å². The van der Waals surface area contributed by atoms with Gasteiger partial charge in [0.2, 0.25) is 5.91 Å². The van der Waals surface area contributed by atoms with E-state index in [1.54, 1.807) is 12.0 Å². The zero-order valence-corrected chi connectivity index (χ0v) is 12.1. The van der Waals surface area contributed by atoms with Crippen LogP contribution in [0.5, 0.6) is 0 Å². The molecule has 110 valence electrons. The molecule has 1 fully saturated rings. The van der Waals surface area contributed by atoms with Crippen molar-refractivity contribution in [2.24, 2.45) is 11.8 Å². The second-order valence-corrected chi connectivity index (χ2v) is 5.43. The van der Waals surface area contributed by atoms with Gasteiger partial charge in [-0.05, 0) is 32.1 Å². The highest BCUT2D eigenvalue weighted by molar-refractivity contribution is 5.81. The summed E-state index contributed by atoms with van der Waals surface area (Å²) in [5.74, 6) is -1.23. The number of likely N-dealkylation sites (tertiary alicyclic amines) is 1. The Morgan fingerprint density at radius 2 is 2.05 bits per heavy atom. The van der Waals surface area contributed by atoms with Crippen LogP contribution in [0, 0.1) is 11.8 Å². The first-order valence-corrected chi connectivity index (χ1v) is 7.00. The van der Waals surface area contributed by atoms with Crippen LogP contribution in [0.25, 0.3) is 0 Å². The van der Waals surface area contributed by atoms with Gasteiger partial charge in [0.1, 0.15) is 0 Å². The van der Waals surface area contributed by atoms with E-state index in [4.69, 9.17) is 4.74 Å². The molecule has 0 aromatic carbocycles. The highest BCUT2D eigenvalue weighted by Crippen LogP contribution is 2.30. The SMILES string of the molecule is COCCCCCN1C(=O)CC(C)C(C(=O)O)C1C. The maximum absolute atomic E-state index is 12.0. The molecule has 19 heavy (non-hydrogen) atoms. The fraction of sp³-hybridized carbons (Fsp3) is 0.857. The lowest BCUT2D eigenvalue weighted by molar-refractivity contribution is -0.154. The van der Waals surface area contributed by atoms with Crippen molar-refractivity contribution in [3.63, 3.8) is 0 Å². The maximum Gasteiger partial charge on any atom is 0.308 e. The van der Waals surface area contributed by atoms with E-state index in [9.17, 15) is 14.7 Å². The van der Waals surface area contributed by atoms with E-state index < -0.39 is 11.9 Å². The van der Waals surface area contributed by atoms with Crippen molar-refractivity contribution < 1.29 is 19.4 Å². The Labute approximate surface area is 114 Å². The Morgan fingerprint density at radius 3 is 2.63 bits per heavy atom. The summed E-state index contributed by atoms with van der Waals surface area (Å²) < 4.78 is 4.98. The lowest BCUT2D eigenvalue weighted by Gasteiger charge is -2.40. The standard InChI is InChI=1S/C14H25NO4/c1-10-9-12(16)15(7-5-4-6-8-19-3)11(2)13(10)14(17)18/h10-11,13H,4-9H2,1-3H3,(H,17,18). The van der Waals surface area contributed by atoms with Crippen molar-refractivity contribution in [2.45, 2.75) is 45.6 Å². The van der Waals surface area contributed by atoms with Crippen LogP contribution >= 0.6 is 0 Å². The first kappa shape index (κ1) is 16.0. The molecule has 0 saturated carbocycles. The van der Waals surface area contributed by atoms with Crippen LogP contribution in [-0.4, -0.2) is 48.2 Å². The average Bonchev–Trinajstić information content (AvgIpc) is 2.31. The molecular weight excluding hydrogens is 246 g/mol. The molecule has 0 bridgehead atoms. The van der Waals surface area contributed by atoms with Gasteiger partial charge in [0, 0.05) is 32.7 Å². The van der Waals surface area contributed by atoms with Crippen LogP contribution in [0.1, 0.15) is 39.5 Å². The third-order valence-electron chi connectivity index (χ3n) is 3.97. The average molecular weight is 271 g/mol. The minimum absolute atomic E-state index is 0.0789. The number of rotatable bonds is 7. The summed E-state index contributed by atoms with van der Waals surface area (Å²) in [6, 6.07) is -0.212. The second-order valence-electron chi connectivity index (χ2n) is 5.43. The van der Waals surface area contributed by atoms with Gasteiger partial charge in [-0.25, -0.2) is 0 Å². The Hall–Kier alpha value is -1.10. The lowest BCUT2D eigenvalue weighted by atomic mass is 9.81. The number of carboxylic acids is 1. The Kier molecular flexibility index (Phi) is 6.28. The third kappa shape index (κ3) is 4.20. The minimum atomic E-state index is -0.795. The monoisotopic (exact) mass is 271 g/mol. The van der Waals surface area contributed by atoms with Gasteiger partial charge in [0.05, 0.1) is 5.92 Å². The molecule has 0 spiro atoms. The van der Waals surface area contributed by atoms with E-state index in [1.165, 1.54) is 0 Å². The minimum Gasteiger partial charge on any atom is -0.481 e. The highest BCUT2D eigenvalue weighted by Gasteiger charge is 2.41. The molecule has 1 aliphatic heterocycles. The quantitative estimate of drug-likeness (QED) is 0.716. The molecule has 0 aromatic rings. The van der Waals surface area contributed by atoms with Crippen LogP contribution in [0.3, 0.4) is 0 Å². The van der Waals surface area contributed by atoms with Crippen molar-refractivity contribution in [3.8, 4) is 0 Å². The number of amides is 1. The molecule has 0 aliphatic carbocycles. The largest absolute Gasteiger partial charge is 0.481 e.